The van der Waals surface area contributed by atoms with Gasteiger partial charge in [-0.25, -0.2) is 4.68 Å². The third kappa shape index (κ3) is 4.17. The van der Waals surface area contributed by atoms with Crippen LogP contribution in [0.1, 0.15) is 11.6 Å². The van der Waals surface area contributed by atoms with Crippen LogP contribution in [0.15, 0.2) is 34.0 Å². The minimum absolute atomic E-state index is 0.155. The molecule has 0 unspecified atom stereocenters. The molecule has 0 aromatic carbocycles. The lowest BCUT2D eigenvalue weighted by atomic mass is 10.4. The van der Waals surface area contributed by atoms with Crippen LogP contribution in [0.3, 0.4) is 0 Å². The van der Waals surface area contributed by atoms with Crippen molar-refractivity contribution in [3.63, 3.8) is 0 Å². The average Bonchev–Trinajstić information content (AvgIpc) is 3.07. The third-order valence-corrected chi connectivity index (χ3v) is 3.19. The molecule has 0 saturated heterocycles. The summed E-state index contributed by atoms with van der Waals surface area (Å²) >= 11 is 6.49. The summed E-state index contributed by atoms with van der Waals surface area (Å²) in [6.45, 7) is 1.78. The Morgan fingerprint density at radius 1 is 1.52 bits per heavy atom. The maximum atomic E-state index is 11.7. The largest absolute Gasteiger partial charge is 0.465 e. The number of furan rings is 1. The molecule has 0 spiro atoms. The fraction of sp³-hybridized carbons (Fsp3) is 0.167. The predicted molar refractivity (Wildman–Crippen MR) is 84.4 cm³/mol. The molecule has 0 aliphatic carbocycles. The third-order valence-electron chi connectivity index (χ3n) is 2.37. The summed E-state index contributed by atoms with van der Waals surface area (Å²) < 4.78 is 6.68. The fourth-order valence-electron chi connectivity index (χ4n) is 1.43. The Balaban J connectivity index is 1.92. The van der Waals surface area contributed by atoms with Crippen molar-refractivity contribution in [1.29, 1.82) is 0 Å². The number of carbonyl (C=O) groups is 1. The molecule has 0 atom stereocenters. The van der Waals surface area contributed by atoms with E-state index in [1.54, 1.807) is 29.8 Å². The molecule has 9 heteroatoms. The van der Waals surface area contributed by atoms with Crippen molar-refractivity contribution in [1.82, 2.24) is 20.2 Å². The first-order valence-corrected chi connectivity index (χ1v) is 7.53. The molecule has 110 valence electrons. The Hall–Kier alpha value is -2.13. The standard InChI is InChI=1S/C12H13N5O2S2/c1-8-14-15-12(21-2)17(8)16-11(20)13-10(18)6-5-9-4-3-7-19-9/h3-7H,1-2H3,(H2,13,16,18,20). The van der Waals surface area contributed by atoms with Crippen LogP contribution in [-0.2, 0) is 4.79 Å². The van der Waals surface area contributed by atoms with Gasteiger partial charge in [0.25, 0.3) is 0 Å². The van der Waals surface area contributed by atoms with Crippen LogP contribution in [0.5, 0.6) is 0 Å². The Labute approximate surface area is 130 Å². The van der Waals surface area contributed by atoms with Crippen LogP contribution in [-0.4, -0.2) is 32.1 Å². The van der Waals surface area contributed by atoms with Crippen molar-refractivity contribution in [2.75, 3.05) is 11.7 Å². The molecule has 2 aromatic rings. The summed E-state index contributed by atoms with van der Waals surface area (Å²) in [5.41, 5.74) is 2.85. The molecule has 0 radical (unpaired) electrons. The molecule has 21 heavy (non-hydrogen) atoms. The first kappa shape index (κ1) is 15.3. The Kier molecular flexibility index (Phi) is 5.12. The van der Waals surface area contributed by atoms with Gasteiger partial charge >= 0.3 is 0 Å². The topological polar surface area (TPSA) is 85.0 Å². The van der Waals surface area contributed by atoms with Gasteiger partial charge in [0.05, 0.1) is 6.26 Å². The van der Waals surface area contributed by atoms with E-state index in [1.165, 1.54) is 24.1 Å². The highest BCUT2D eigenvalue weighted by atomic mass is 32.2. The number of thioether (sulfide) groups is 1. The number of amides is 1. The molecule has 2 N–H and O–H groups in total. The molecule has 2 heterocycles. The summed E-state index contributed by atoms with van der Waals surface area (Å²) in [6.07, 6.45) is 6.29. The maximum Gasteiger partial charge on any atom is 0.250 e. The van der Waals surface area contributed by atoms with E-state index in [0.29, 0.717) is 16.7 Å². The first-order chi connectivity index (χ1) is 10.1. The lowest BCUT2D eigenvalue weighted by Gasteiger charge is -2.11. The minimum atomic E-state index is -0.361. The molecule has 2 aromatic heterocycles. The minimum Gasteiger partial charge on any atom is -0.465 e. The Morgan fingerprint density at radius 3 is 3.00 bits per heavy atom. The lowest BCUT2D eigenvalue weighted by molar-refractivity contribution is -0.115. The maximum absolute atomic E-state index is 11.7. The molecule has 0 fully saturated rings. The number of rotatable bonds is 4. The highest BCUT2D eigenvalue weighted by Crippen LogP contribution is 2.10. The summed E-state index contributed by atoms with van der Waals surface area (Å²) in [5, 5.41) is 11.2. The first-order valence-electron chi connectivity index (χ1n) is 5.89. The monoisotopic (exact) mass is 323 g/mol. The summed E-state index contributed by atoms with van der Waals surface area (Å²) in [6, 6.07) is 3.48. The zero-order chi connectivity index (χ0) is 15.2. The molecule has 1 amide bonds. The van der Waals surface area contributed by atoms with Crippen LogP contribution < -0.4 is 10.7 Å². The molecular weight excluding hydrogens is 310 g/mol. The van der Waals surface area contributed by atoms with Gasteiger partial charge in [0, 0.05) is 6.08 Å². The second-order valence-corrected chi connectivity index (χ2v) is 5.03. The van der Waals surface area contributed by atoms with E-state index < -0.39 is 0 Å². The van der Waals surface area contributed by atoms with Gasteiger partial charge in [-0.15, -0.1) is 10.2 Å². The lowest BCUT2D eigenvalue weighted by Crippen LogP contribution is -2.37. The van der Waals surface area contributed by atoms with Crippen LogP contribution in [0.25, 0.3) is 6.08 Å². The molecule has 7 nitrogen and oxygen atoms in total. The highest BCUT2D eigenvalue weighted by Gasteiger charge is 2.09. The number of aromatic nitrogens is 3. The Bertz CT molecular complexity index is 663. The van der Waals surface area contributed by atoms with Crippen molar-refractivity contribution in [2.45, 2.75) is 12.1 Å². The second kappa shape index (κ2) is 7.04. The predicted octanol–water partition coefficient (Wildman–Crippen LogP) is 1.56. The summed E-state index contributed by atoms with van der Waals surface area (Å²) in [4.78, 5) is 11.7. The van der Waals surface area contributed by atoms with Crippen molar-refractivity contribution >= 4 is 41.1 Å². The number of thiocarbonyl (C=S) groups is 1. The van der Waals surface area contributed by atoms with E-state index in [0.717, 1.165) is 0 Å². The van der Waals surface area contributed by atoms with Gasteiger partial charge in [-0.2, -0.15) is 0 Å². The number of hydrogen-bond donors (Lipinski definition) is 2. The molecule has 0 aliphatic heterocycles. The van der Waals surface area contributed by atoms with Crippen LogP contribution >= 0.6 is 24.0 Å². The number of nitrogens with one attached hydrogen (secondary N) is 2. The number of nitrogens with zero attached hydrogens (tertiary/aromatic N) is 3. The fourth-order valence-corrected chi connectivity index (χ4v) is 2.11. The quantitative estimate of drug-likeness (QED) is 0.502. The molecule has 2 rings (SSSR count). The van der Waals surface area contributed by atoms with E-state index in [1.807, 2.05) is 6.26 Å². The van der Waals surface area contributed by atoms with Crippen molar-refractivity contribution < 1.29 is 9.21 Å². The van der Waals surface area contributed by atoms with Gasteiger partial charge < -0.3 is 4.42 Å². The average molecular weight is 323 g/mol. The number of aryl methyl sites for hydroxylation is 1. The van der Waals surface area contributed by atoms with Crippen LogP contribution in [0, 0.1) is 6.92 Å². The number of hydrogen-bond acceptors (Lipinski definition) is 6. The highest BCUT2D eigenvalue weighted by molar-refractivity contribution is 7.98. The zero-order valence-electron chi connectivity index (χ0n) is 11.4. The SMILES string of the molecule is CSc1nnc(C)n1NC(=S)NC(=O)C=Cc1ccco1. The van der Waals surface area contributed by atoms with E-state index in [-0.39, 0.29) is 11.0 Å². The van der Waals surface area contributed by atoms with Gasteiger partial charge in [-0.3, -0.25) is 15.5 Å². The van der Waals surface area contributed by atoms with Crippen molar-refractivity contribution in [2.24, 2.45) is 0 Å². The van der Waals surface area contributed by atoms with E-state index in [9.17, 15) is 4.79 Å². The van der Waals surface area contributed by atoms with E-state index in [4.69, 9.17) is 16.6 Å². The molecule has 0 saturated carbocycles. The van der Waals surface area contributed by atoms with Crippen molar-refractivity contribution in [3.8, 4) is 0 Å². The van der Waals surface area contributed by atoms with Gasteiger partial charge in [0.15, 0.2) is 5.11 Å². The smallest absolute Gasteiger partial charge is 0.250 e. The van der Waals surface area contributed by atoms with Crippen molar-refractivity contribution in [3.05, 3.63) is 36.1 Å². The van der Waals surface area contributed by atoms with E-state index in [2.05, 4.69) is 20.9 Å². The van der Waals surface area contributed by atoms with E-state index >= 15 is 0 Å². The summed E-state index contributed by atoms with van der Waals surface area (Å²) in [5.74, 6) is 0.866. The van der Waals surface area contributed by atoms with Crippen LogP contribution in [0.2, 0.25) is 0 Å². The zero-order valence-corrected chi connectivity index (χ0v) is 13.0. The van der Waals surface area contributed by atoms with Gasteiger partial charge in [-0.1, -0.05) is 11.8 Å². The van der Waals surface area contributed by atoms with Gasteiger partial charge in [0.2, 0.25) is 11.1 Å². The van der Waals surface area contributed by atoms with Gasteiger partial charge in [0.1, 0.15) is 11.6 Å². The normalized spacial score (nSPS) is 10.8. The summed E-state index contributed by atoms with van der Waals surface area (Å²) in [7, 11) is 0. The van der Waals surface area contributed by atoms with Gasteiger partial charge in [-0.05, 0) is 43.6 Å². The van der Waals surface area contributed by atoms with Crippen LogP contribution in [0.4, 0.5) is 0 Å². The second-order valence-electron chi connectivity index (χ2n) is 3.85. The molecule has 0 aliphatic rings. The Morgan fingerprint density at radius 2 is 2.33 bits per heavy atom. The molecule has 0 bridgehead atoms. The number of carbonyl (C=O) groups excluding carboxylic acids is 1. The molecular formula is C12H13N5O2S2.